The fourth-order valence-electron chi connectivity index (χ4n) is 4.40. The molecule has 1 atom stereocenters. The monoisotopic (exact) mass is 482 g/mol. The van der Waals surface area contributed by atoms with Crippen molar-refractivity contribution in [2.24, 2.45) is 0 Å². The van der Waals surface area contributed by atoms with Gasteiger partial charge in [-0.25, -0.2) is 14.0 Å². The van der Waals surface area contributed by atoms with E-state index in [4.69, 9.17) is 20.6 Å². The van der Waals surface area contributed by atoms with E-state index in [0.29, 0.717) is 17.7 Å². The Hall–Kier alpha value is -3.86. The van der Waals surface area contributed by atoms with Gasteiger partial charge in [-0.15, -0.1) is 6.42 Å². The zero-order chi connectivity index (χ0) is 26.1. The molecule has 0 aliphatic carbocycles. The van der Waals surface area contributed by atoms with Gasteiger partial charge >= 0.3 is 17.9 Å². The molecule has 2 aromatic carbocycles. The summed E-state index contributed by atoms with van der Waals surface area (Å²) in [7, 11) is 1.09. The van der Waals surface area contributed by atoms with Gasteiger partial charge in [0, 0.05) is 24.1 Å². The highest BCUT2D eigenvalue weighted by Crippen LogP contribution is 2.46. The Morgan fingerprint density at radius 1 is 1.14 bits per heavy atom. The summed E-state index contributed by atoms with van der Waals surface area (Å²) in [6.45, 7) is 9.12. The molecular formula is C27H27FO7. The summed E-state index contributed by atoms with van der Waals surface area (Å²) in [5.41, 5.74) is 0.382. The fourth-order valence-corrected chi connectivity index (χ4v) is 4.40. The molecule has 7 nitrogen and oxygen atoms in total. The van der Waals surface area contributed by atoms with Gasteiger partial charge in [0.25, 0.3) is 0 Å². The largest absolute Gasteiger partial charge is 0.486 e. The highest BCUT2D eigenvalue weighted by molar-refractivity contribution is 5.92. The highest BCUT2D eigenvalue weighted by atomic mass is 19.1. The summed E-state index contributed by atoms with van der Waals surface area (Å²) < 4.78 is 35.7. The molecule has 0 spiro atoms. The van der Waals surface area contributed by atoms with Crippen LogP contribution in [0.15, 0.2) is 30.3 Å². The number of methoxy groups -OCH3 is 1. The third-order valence-electron chi connectivity index (χ3n) is 5.62. The lowest BCUT2D eigenvalue weighted by Gasteiger charge is -2.43. The van der Waals surface area contributed by atoms with Crippen LogP contribution in [0, 0.1) is 18.2 Å². The average molecular weight is 483 g/mol. The number of terminal acetylenes is 1. The SMILES string of the molecule is C#Cc1cc(C(=O)Oc2ccc(C(OC(C)=O)C(=O)OC)c(F)c2)cc2c1OC(C)(C)CC2(C)C. The lowest BCUT2D eigenvalue weighted by Crippen LogP contribution is -2.41. The van der Waals surface area contributed by atoms with E-state index in [1.807, 2.05) is 27.7 Å². The van der Waals surface area contributed by atoms with Gasteiger partial charge in [-0.3, -0.25) is 4.79 Å². The molecule has 0 aromatic heterocycles. The molecule has 2 aromatic rings. The van der Waals surface area contributed by atoms with Gasteiger partial charge in [-0.2, -0.15) is 0 Å². The third kappa shape index (κ3) is 5.46. The number of benzene rings is 2. The van der Waals surface area contributed by atoms with Crippen molar-refractivity contribution in [3.63, 3.8) is 0 Å². The number of fused-ring (bicyclic) bond motifs is 1. The molecule has 0 radical (unpaired) electrons. The normalized spacial score (nSPS) is 16.1. The van der Waals surface area contributed by atoms with Crippen molar-refractivity contribution in [1.82, 2.24) is 0 Å². The van der Waals surface area contributed by atoms with Crippen LogP contribution < -0.4 is 9.47 Å². The first-order chi connectivity index (χ1) is 16.3. The molecule has 0 N–H and O–H groups in total. The van der Waals surface area contributed by atoms with Crippen LogP contribution in [0.5, 0.6) is 11.5 Å². The van der Waals surface area contributed by atoms with Gasteiger partial charge in [0.2, 0.25) is 6.10 Å². The van der Waals surface area contributed by atoms with E-state index in [-0.39, 0.29) is 22.3 Å². The summed E-state index contributed by atoms with van der Waals surface area (Å²) >= 11 is 0. The smallest absolute Gasteiger partial charge is 0.352 e. The van der Waals surface area contributed by atoms with E-state index in [1.165, 1.54) is 18.2 Å². The molecule has 1 aliphatic heterocycles. The summed E-state index contributed by atoms with van der Waals surface area (Å²) in [6.07, 6.45) is 4.81. The van der Waals surface area contributed by atoms with Gasteiger partial charge in [0.05, 0.1) is 18.2 Å². The first kappa shape index (κ1) is 25.8. The van der Waals surface area contributed by atoms with Crippen molar-refractivity contribution in [3.8, 4) is 23.8 Å². The van der Waals surface area contributed by atoms with Crippen molar-refractivity contribution < 1.29 is 37.7 Å². The van der Waals surface area contributed by atoms with Crippen LogP contribution >= 0.6 is 0 Å². The summed E-state index contributed by atoms with van der Waals surface area (Å²) in [5.74, 6) is -0.391. The molecule has 0 fully saturated rings. The summed E-state index contributed by atoms with van der Waals surface area (Å²) in [4.78, 5) is 36.2. The zero-order valence-corrected chi connectivity index (χ0v) is 20.5. The van der Waals surface area contributed by atoms with Gasteiger partial charge < -0.3 is 18.9 Å². The van der Waals surface area contributed by atoms with Crippen molar-refractivity contribution >= 4 is 17.9 Å². The molecule has 184 valence electrons. The van der Waals surface area contributed by atoms with Crippen molar-refractivity contribution in [3.05, 3.63) is 58.4 Å². The molecule has 8 heteroatoms. The standard InChI is InChI=1S/C27H27FO7/c1-8-16-11-17(12-20-22(16)35-27(5,6)14-26(20,3)4)24(30)34-18-9-10-19(21(28)13-18)23(25(31)32-7)33-15(2)29/h1,9-13,23H,14H2,2-7H3. The van der Waals surface area contributed by atoms with Gasteiger partial charge in [-0.05, 0) is 49.9 Å². The molecule has 1 aliphatic rings. The number of esters is 3. The molecule has 0 bridgehead atoms. The molecule has 3 rings (SSSR count). The van der Waals surface area contributed by atoms with Crippen LogP contribution in [0.25, 0.3) is 0 Å². The van der Waals surface area contributed by atoms with Crippen LogP contribution in [-0.2, 0) is 24.5 Å². The van der Waals surface area contributed by atoms with Crippen LogP contribution in [0.1, 0.15) is 74.2 Å². The molecule has 1 unspecified atom stereocenters. The lowest BCUT2D eigenvalue weighted by molar-refractivity contribution is -0.165. The van der Waals surface area contributed by atoms with E-state index in [9.17, 15) is 18.8 Å². The number of hydrogen-bond donors (Lipinski definition) is 0. The number of hydrogen-bond acceptors (Lipinski definition) is 7. The minimum atomic E-state index is -1.59. The Balaban J connectivity index is 1.92. The molecule has 0 saturated heterocycles. The average Bonchev–Trinajstić information content (AvgIpc) is 2.75. The van der Waals surface area contributed by atoms with E-state index >= 15 is 0 Å². The number of ether oxygens (including phenoxy) is 4. The highest BCUT2D eigenvalue weighted by Gasteiger charge is 2.40. The van der Waals surface area contributed by atoms with Crippen LogP contribution in [0.3, 0.4) is 0 Å². The third-order valence-corrected chi connectivity index (χ3v) is 5.62. The zero-order valence-electron chi connectivity index (χ0n) is 20.5. The minimum absolute atomic E-state index is 0.112. The second kappa shape index (κ2) is 9.41. The van der Waals surface area contributed by atoms with Crippen LogP contribution in [0.2, 0.25) is 0 Å². The number of carbonyl (C=O) groups excluding carboxylic acids is 3. The van der Waals surface area contributed by atoms with Gasteiger partial charge in [-0.1, -0.05) is 19.8 Å². The second-order valence-electron chi connectivity index (χ2n) is 9.55. The number of carbonyl (C=O) groups is 3. The van der Waals surface area contributed by atoms with Crippen molar-refractivity contribution in [2.45, 2.75) is 58.2 Å². The molecule has 0 amide bonds. The lowest BCUT2D eigenvalue weighted by atomic mass is 9.72. The Morgan fingerprint density at radius 2 is 1.83 bits per heavy atom. The Kier molecular flexibility index (Phi) is 6.93. The Labute approximate surface area is 203 Å². The number of halogens is 1. The maximum atomic E-state index is 14.8. The van der Waals surface area contributed by atoms with Crippen LogP contribution in [0.4, 0.5) is 4.39 Å². The quantitative estimate of drug-likeness (QED) is 0.348. The Morgan fingerprint density at radius 3 is 2.40 bits per heavy atom. The van der Waals surface area contributed by atoms with Crippen LogP contribution in [-0.4, -0.2) is 30.6 Å². The molecule has 0 saturated carbocycles. The second-order valence-corrected chi connectivity index (χ2v) is 9.55. The minimum Gasteiger partial charge on any atom is -0.486 e. The maximum Gasteiger partial charge on any atom is 0.352 e. The topological polar surface area (TPSA) is 88.1 Å². The predicted molar refractivity (Wildman–Crippen MR) is 125 cm³/mol. The van der Waals surface area contributed by atoms with E-state index in [2.05, 4.69) is 10.7 Å². The van der Waals surface area contributed by atoms with E-state index in [1.54, 1.807) is 6.07 Å². The first-order valence-corrected chi connectivity index (χ1v) is 10.9. The molecule has 35 heavy (non-hydrogen) atoms. The molecular weight excluding hydrogens is 455 g/mol. The first-order valence-electron chi connectivity index (χ1n) is 10.9. The van der Waals surface area contributed by atoms with E-state index in [0.717, 1.165) is 25.7 Å². The van der Waals surface area contributed by atoms with Crippen molar-refractivity contribution in [2.75, 3.05) is 7.11 Å². The summed E-state index contributed by atoms with van der Waals surface area (Å²) in [5, 5.41) is 0. The fraction of sp³-hybridized carbons (Fsp3) is 0.370. The van der Waals surface area contributed by atoms with Crippen molar-refractivity contribution in [1.29, 1.82) is 0 Å². The maximum absolute atomic E-state index is 14.8. The van der Waals surface area contributed by atoms with Gasteiger partial charge in [0.1, 0.15) is 22.9 Å². The summed E-state index contributed by atoms with van der Waals surface area (Å²) in [6, 6.07) is 6.56. The predicted octanol–water partition coefficient (Wildman–Crippen LogP) is 4.64. The number of rotatable bonds is 5. The van der Waals surface area contributed by atoms with E-state index < -0.39 is 35.4 Å². The molecule has 1 heterocycles. The Bertz CT molecular complexity index is 1240. The van der Waals surface area contributed by atoms with Gasteiger partial charge in [0.15, 0.2) is 0 Å².